The fraction of sp³-hybridized carbons (Fsp3) is 0.308. The van der Waals surface area contributed by atoms with E-state index in [-0.39, 0.29) is 0 Å². The van der Waals surface area contributed by atoms with Crippen LogP contribution in [0.3, 0.4) is 0 Å². The predicted octanol–water partition coefficient (Wildman–Crippen LogP) is 4.15. The zero-order chi connectivity index (χ0) is 11.8. The standard InChI is InChI=1S/C13H11BrClNO/c14-13-10-3-1-2-9(8-4-5-17-7-8)11(10)6-12(15)16-13/h1-3,6,8H,4-5,7H2. The van der Waals surface area contributed by atoms with Crippen molar-refractivity contribution in [2.75, 3.05) is 13.2 Å². The Morgan fingerprint density at radius 3 is 3.00 bits per heavy atom. The molecule has 88 valence electrons. The zero-order valence-electron chi connectivity index (χ0n) is 9.12. The van der Waals surface area contributed by atoms with Crippen molar-refractivity contribution in [3.63, 3.8) is 0 Å². The molecule has 1 aromatic carbocycles. The lowest BCUT2D eigenvalue weighted by atomic mass is 9.94. The highest BCUT2D eigenvalue weighted by Crippen LogP contribution is 2.34. The van der Waals surface area contributed by atoms with Gasteiger partial charge in [0.05, 0.1) is 6.61 Å². The molecule has 1 aliphatic heterocycles. The lowest BCUT2D eigenvalue weighted by Crippen LogP contribution is -1.99. The largest absolute Gasteiger partial charge is 0.381 e. The van der Waals surface area contributed by atoms with Gasteiger partial charge in [0.25, 0.3) is 0 Å². The average molecular weight is 313 g/mol. The van der Waals surface area contributed by atoms with Gasteiger partial charge in [0.15, 0.2) is 0 Å². The van der Waals surface area contributed by atoms with Crippen LogP contribution in [0.2, 0.25) is 5.15 Å². The van der Waals surface area contributed by atoms with Crippen molar-refractivity contribution in [1.29, 1.82) is 0 Å². The van der Waals surface area contributed by atoms with Crippen LogP contribution in [0, 0.1) is 0 Å². The van der Waals surface area contributed by atoms with E-state index in [0.29, 0.717) is 11.1 Å². The first-order valence-corrected chi connectivity index (χ1v) is 6.75. The van der Waals surface area contributed by atoms with Gasteiger partial charge in [-0.1, -0.05) is 29.8 Å². The molecule has 0 radical (unpaired) electrons. The van der Waals surface area contributed by atoms with E-state index in [9.17, 15) is 0 Å². The molecule has 0 spiro atoms. The summed E-state index contributed by atoms with van der Waals surface area (Å²) in [4.78, 5) is 4.22. The summed E-state index contributed by atoms with van der Waals surface area (Å²) in [5.41, 5.74) is 1.31. The zero-order valence-corrected chi connectivity index (χ0v) is 11.5. The summed E-state index contributed by atoms with van der Waals surface area (Å²) in [5.74, 6) is 0.476. The second-order valence-electron chi connectivity index (χ2n) is 4.24. The number of fused-ring (bicyclic) bond motifs is 1. The first-order valence-electron chi connectivity index (χ1n) is 5.58. The minimum atomic E-state index is 0.476. The number of ether oxygens (including phenoxy) is 1. The monoisotopic (exact) mass is 311 g/mol. The van der Waals surface area contributed by atoms with Crippen LogP contribution in [0.15, 0.2) is 28.9 Å². The van der Waals surface area contributed by atoms with E-state index in [1.165, 1.54) is 10.9 Å². The van der Waals surface area contributed by atoms with Crippen molar-refractivity contribution >= 4 is 38.3 Å². The van der Waals surface area contributed by atoms with Gasteiger partial charge in [0, 0.05) is 17.9 Å². The van der Waals surface area contributed by atoms with Crippen molar-refractivity contribution in [2.45, 2.75) is 12.3 Å². The van der Waals surface area contributed by atoms with Crippen molar-refractivity contribution < 1.29 is 4.74 Å². The number of aromatic nitrogens is 1. The molecule has 1 saturated heterocycles. The second kappa shape index (κ2) is 4.56. The molecular formula is C13H11BrClNO. The van der Waals surface area contributed by atoms with Crippen LogP contribution >= 0.6 is 27.5 Å². The van der Waals surface area contributed by atoms with Crippen LogP contribution in [0.5, 0.6) is 0 Å². The minimum Gasteiger partial charge on any atom is -0.381 e. The molecule has 0 saturated carbocycles. The SMILES string of the molecule is Clc1cc2c(C3CCOC3)cccc2c(Br)n1. The van der Waals surface area contributed by atoms with Gasteiger partial charge in [0.2, 0.25) is 0 Å². The molecule has 0 aliphatic carbocycles. The maximum atomic E-state index is 6.03. The summed E-state index contributed by atoms with van der Waals surface area (Å²) in [7, 11) is 0. The van der Waals surface area contributed by atoms with Gasteiger partial charge < -0.3 is 4.74 Å². The van der Waals surface area contributed by atoms with Crippen LogP contribution in [0.25, 0.3) is 10.8 Å². The third-order valence-electron chi connectivity index (χ3n) is 3.20. The topological polar surface area (TPSA) is 22.1 Å². The van der Waals surface area contributed by atoms with Gasteiger partial charge >= 0.3 is 0 Å². The van der Waals surface area contributed by atoms with Crippen molar-refractivity contribution in [1.82, 2.24) is 4.98 Å². The van der Waals surface area contributed by atoms with Gasteiger partial charge in [0.1, 0.15) is 9.76 Å². The van der Waals surface area contributed by atoms with Crippen LogP contribution in [-0.4, -0.2) is 18.2 Å². The first-order chi connectivity index (χ1) is 8.25. The van der Waals surface area contributed by atoms with Crippen molar-refractivity contribution in [3.05, 3.63) is 39.6 Å². The average Bonchev–Trinajstić information content (AvgIpc) is 2.81. The van der Waals surface area contributed by atoms with E-state index >= 15 is 0 Å². The fourth-order valence-electron chi connectivity index (χ4n) is 2.37. The summed E-state index contributed by atoms with van der Waals surface area (Å²) in [5, 5.41) is 2.81. The van der Waals surface area contributed by atoms with Crippen molar-refractivity contribution in [3.8, 4) is 0 Å². The third-order valence-corrected chi connectivity index (χ3v) is 4.00. The molecule has 17 heavy (non-hydrogen) atoms. The Balaban J connectivity index is 2.24. The maximum Gasteiger partial charge on any atom is 0.131 e. The van der Waals surface area contributed by atoms with E-state index in [1.54, 1.807) is 0 Å². The van der Waals surface area contributed by atoms with Crippen molar-refractivity contribution in [2.24, 2.45) is 0 Å². The molecule has 0 bridgehead atoms. The molecule has 2 aromatic rings. The molecular weight excluding hydrogens is 302 g/mol. The Bertz CT molecular complexity index is 567. The lowest BCUT2D eigenvalue weighted by molar-refractivity contribution is 0.194. The Morgan fingerprint density at radius 1 is 1.35 bits per heavy atom. The highest BCUT2D eigenvalue weighted by atomic mass is 79.9. The Kier molecular flexibility index (Phi) is 3.07. The number of rotatable bonds is 1. The maximum absolute atomic E-state index is 6.03. The van der Waals surface area contributed by atoms with Crippen LogP contribution in [0.4, 0.5) is 0 Å². The molecule has 2 nitrogen and oxygen atoms in total. The summed E-state index contributed by atoms with van der Waals surface area (Å²) >= 11 is 9.49. The third kappa shape index (κ3) is 2.07. The van der Waals surface area contributed by atoms with Gasteiger partial charge in [-0.3, -0.25) is 0 Å². The van der Waals surface area contributed by atoms with Crippen LogP contribution in [-0.2, 0) is 4.74 Å². The second-order valence-corrected chi connectivity index (χ2v) is 5.38. The Labute approximate surface area is 113 Å². The number of halogens is 2. The molecule has 1 aromatic heterocycles. The number of nitrogens with zero attached hydrogens (tertiary/aromatic N) is 1. The molecule has 1 unspecified atom stereocenters. The Hall–Kier alpha value is -0.640. The molecule has 1 fully saturated rings. The van der Waals surface area contributed by atoms with Crippen LogP contribution < -0.4 is 0 Å². The fourth-order valence-corrected chi connectivity index (χ4v) is 3.20. The highest BCUT2D eigenvalue weighted by molar-refractivity contribution is 9.10. The van der Waals surface area contributed by atoms with Gasteiger partial charge in [-0.15, -0.1) is 0 Å². The quantitative estimate of drug-likeness (QED) is 0.738. The lowest BCUT2D eigenvalue weighted by Gasteiger charge is -2.12. The number of pyridine rings is 1. The molecule has 2 heterocycles. The van der Waals surface area contributed by atoms with E-state index in [0.717, 1.165) is 29.6 Å². The number of benzene rings is 1. The van der Waals surface area contributed by atoms with Gasteiger partial charge in [-0.2, -0.15) is 0 Å². The normalized spacial score (nSPS) is 20.0. The summed E-state index contributed by atoms with van der Waals surface area (Å²) in [6.07, 6.45) is 1.08. The molecule has 1 aliphatic rings. The van der Waals surface area contributed by atoms with Crippen LogP contribution in [0.1, 0.15) is 17.9 Å². The first kappa shape index (κ1) is 11.5. The smallest absolute Gasteiger partial charge is 0.131 e. The van der Waals surface area contributed by atoms with E-state index in [4.69, 9.17) is 16.3 Å². The molecule has 0 N–H and O–H groups in total. The Morgan fingerprint density at radius 2 is 2.24 bits per heavy atom. The highest BCUT2D eigenvalue weighted by Gasteiger charge is 2.20. The summed E-state index contributed by atoms with van der Waals surface area (Å²) in [6.45, 7) is 1.65. The summed E-state index contributed by atoms with van der Waals surface area (Å²) in [6, 6.07) is 8.22. The summed E-state index contributed by atoms with van der Waals surface area (Å²) < 4.78 is 6.27. The minimum absolute atomic E-state index is 0.476. The predicted molar refractivity (Wildman–Crippen MR) is 72.6 cm³/mol. The number of hydrogen-bond acceptors (Lipinski definition) is 2. The van der Waals surface area contributed by atoms with Gasteiger partial charge in [-0.25, -0.2) is 4.98 Å². The van der Waals surface area contributed by atoms with E-state index < -0.39 is 0 Å². The van der Waals surface area contributed by atoms with Gasteiger partial charge in [-0.05, 0) is 39.4 Å². The molecule has 4 heteroatoms. The molecule has 3 rings (SSSR count). The number of hydrogen-bond donors (Lipinski definition) is 0. The molecule has 0 amide bonds. The van der Waals surface area contributed by atoms with E-state index in [1.807, 2.05) is 6.07 Å². The molecule has 1 atom stereocenters. The van der Waals surface area contributed by atoms with E-state index in [2.05, 4.69) is 39.1 Å².